The van der Waals surface area contributed by atoms with Gasteiger partial charge in [0.05, 0.1) is 18.2 Å². The highest BCUT2D eigenvalue weighted by molar-refractivity contribution is 5.86. The van der Waals surface area contributed by atoms with Crippen LogP contribution < -0.4 is 5.32 Å². The number of rotatable bonds is 2. The molecule has 0 saturated heterocycles. The second kappa shape index (κ2) is 4.73. The van der Waals surface area contributed by atoms with Crippen LogP contribution in [0.2, 0.25) is 0 Å². The zero-order chi connectivity index (χ0) is 12.5. The van der Waals surface area contributed by atoms with Gasteiger partial charge in [-0.05, 0) is 37.3 Å². The minimum Gasteiger partial charge on any atom is -0.393 e. The third kappa shape index (κ3) is 2.27. The Bertz CT molecular complexity index is 469. The van der Waals surface area contributed by atoms with Crippen molar-refractivity contribution >= 4 is 5.84 Å². The summed E-state index contributed by atoms with van der Waals surface area (Å²) >= 11 is 0. The number of aliphatic hydroxyl groups is 1. The summed E-state index contributed by atoms with van der Waals surface area (Å²) in [6, 6.07) is 9.19. The van der Waals surface area contributed by atoms with Crippen molar-refractivity contribution in [2.45, 2.75) is 50.8 Å². The Balaban J connectivity index is 1.70. The molecule has 0 aromatic heterocycles. The number of aliphatic hydroxyl groups excluding tert-OH is 1. The van der Waals surface area contributed by atoms with E-state index in [4.69, 9.17) is 4.99 Å². The highest BCUT2D eigenvalue weighted by Gasteiger charge is 2.34. The van der Waals surface area contributed by atoms with Gasteiger partial charge in [0.2, 0.25) is 0 Å². The Morgan fingerprint density at radius 1 is 1.33 bits per heavy atom. The van der Waals surface area contributed by atoms with Crippen LogP contribution in [-0.4, -0.2) is 29.1 Å². The maximum atomic E-state index is 9.69. The SMILES string of the molecule is Cc1ccccc1CC1=NC2CCC(O)CC2N1. The third-order valence-electron chi connectivity index (χ3n) is 4.08. The molecule has 0 bridgehead atoms. The van der Waals surface area contributed by atoms with Crippen LogP contribution in [0.5, 0.6) is 0 Å². The van der Waals surface area contributed by atoms with Gasteiger partial charge in [0.15, 0.2) is 0 Å². The van der Waals surface area contributed by atoms with Crippen LogP contribution in [0, 0.1) is 6.92 Å². The van der Waals surface area contributed by atoms with Crippen molar-refractivity contribution in [1.29, 1.82) is 0 Å². The van der Waals surface area contributed by atoms with Crippen molar-refractivity contribution in [1.82, 2.24) is 5.32 Å². The molecule has 0 radical (unpaired) electrons. The van der Waals surface area contributed by atoms with Gasteiger partial charge in [-0.15, -0.1) is 0 Å². The number of hydrogen-bond acceptors (Lipinski definition) is 3. The van der Waals surface area contributed by atoms with Gasteiger partial charge in [-0.1, -0.05) is 24.3 Å². The molecule has 18 heavy (non-hydrogen) atoms. The molecular weight excluding hydrogens is 224 g/mol. The molecular formula is C15H20N2O. The molecule has 3 atom stereocenters. The van der Waals surface area contributed by atoms with Crippen molar-refractivity contribution in [3.05, 3.63) is 35.4 Å². The van der Waals surface area contributed by atoms with E-state index >= 15 is 0 Å². The fourth-order valence-corrected chi connectivity index (χ4v) is 2.98. The molecule has 0 amide bonds. The molecule has 3 unspecified atom stereocenters. The Morgan fingerprint density at radius 3 is 3.00 bits per heavy atom. The monoisotopic (exact) mass is 244 g/mol. The summed E-state index contributed by atoms with van der Waals surface area (Å²) in [6.07, 6.45) is 3.48. The Labute approximate surface area is 108 Å². The van der Waals surface area contributed by atoms with Crippen molar-refractivity contribution in [3.8, 4) is 0 Å². The second-order valence-corrected chi connectivity index (χ2v) is 5.46. The number of hydrogen-bond donors (Lipinski definition) is 2. The number of nitrogens with zero attached hydrogens (tertiary/aromatic N) is 1. The predicted molar refractivity (Wildman–Crippen MR) is 72.9 cm³/mol. The molecule has 1 heterocycles. The molecule has 96 valence electrons. The zero-order valence-corrected chi connectivity index (χ0v) is 10.8. The molecule has 1 aromatic rings. The largest absolute Gasteiger partial charge is 0.393 e. The summed E-state index contributed by atoms with van der Waals surface area (Å²) in [7, 11) is 0. The van der Waals surface area contributed by atoms with E-state index in [2.05, 4.69) is 36.5 Å². The lowest BCUT2D eigenvalue weighted by atomic mass is 9.90. The van der Waals surface area contributed by atoms with Gasteiger partial charge in [-0.2, -0.15) is 0 Å². The van der Waals surface area contributed by atoms with Crippen LogP contribution in [0.15, 0.2) is 29.3 Å². The fourth-order valence-electron chi connectivity index (χ4n) is 2.98. The average molecular weight is 244 g/mol. The average Bonchev–Trinajstić information content (AvgIpc) is 2.73. The van der Waals surface area contributed by atoms with Gasteiger partial charge in [-0.25, -0.2) is 0 Å². The minimum absolute atomic E-state index is 0.147. The maximum Gasteiger partial charge on any atom is 0.101 e. The van der Waals surface area contributed by atoms with Crippen LogP contribution in [0.3, 0.4) is 0 Å². The van der Waals surface area contributed by atoms with E-state index in [1.165, 1.54) is 11.1 Å². The topological polar surface area (TPSA) is 44.6 Å². The highest BCUT2D eigenvalue weighted by atomic mass is 16.3. The van der Waals surface area contributed by atoms with E-state index in [9.17, 15) is 5.11 Å². The molecule has 3 nitrogen and oxygen atoms in total. The van der Waals surface area contributed by atoms with Crippen molar-refractivity contribution < 1.29 is 5.11 Å². The number of aryl methyl sites for hydroxylation is 1. The van der Waals surface area contributed by atoms with Crippen LogP contribution in [-0.2, 0) is 6.42 Å². The number of aliphatic imine (C=N–C) groups is 1. The smallest absolute Gasteiger partial charge is 0.101 e. The molecule has 3 heteroatoms. The van der Waals surface area contributed by atoms with E-state index in [1.54, 1.807) is 0 Å². The summed E-state index contributed by atoms with van der Waals surface area (Å²) < 4.78 is 0. The quantitative estimate of drug-likeness (QED) is 0.833. The lowest BCUT2D eigenvalue weighted by Gasteiger charge is -2.27. The van der Waals surface area contributed by atoms with Gasteiger partial charge < -0.3 is 10.4 Å². The Kier molecular flexibility index (Phi) is 3.08. The van der Waals surface area contributed by atoms with E-state index < -0.39 is 0 Å². The Hall–Kier alpha value is -1.35. The van der Waals surface area contributed by atoms with E-state index in [0.717, 1.165) is 31.5 Å². The number of fused-ring (bicyclic) bond motifs is 1. The molecule has 1 saturated carbocycles. The molecule has 1 aliphatic carbocycles. The lowest BCUT2D eigenvalue weighted by molar-refractivity contribution is 0.112. The maximum absolute atomic E-state index is 9.69. The summed E-state index contributed by atoms with van der Waals surface area (Å²) in [6.45, 7) is 2.14. The number of nitrogens with one attached hydrogen (secondary N) is 1. The summed E-state index contributed by atoms with van der Waals surface area (Å²) in [5, 5.41) is 13.2. The lowest BCUT2D eigenvalue weighted by Crippen LogP contribution is -2.41. The predicted octanol–water partition coefficient (Wildman–Crippen LogP) is 1.82. The van der Waals surface area contributed by atoms with Crippen LogP contribution in [0.25, 0.3) is 0 Å². The first kappa shape index (κ1) is 11.7. The van der Waals surface area contributed by atoms with Gasteiger partial charge in [-0.3, -0.25) is 4.99 Å². The first-order valence-corrected chi connectivity index (χ1v) is 6.78. The highest BCUT2D eigenvalue weighted by Crippen LogP contribution is 2.26. The van der Waals surface area contributed by atoms with Gasteiger partial charge >= 0.3 is 0 Å². The molecule has 2 N–H and O–H groups in total. The van der Waals surface area contributed by atoms with Crippen LogP contribution in [0.1, 0.15) is 30.4 Å². The molecule has 1 aromatic carbocycles. The summed E-state index contributed by atoms with van der Waals surface area (Å²) in [5.74, 6) is 1.09. The van der Waals surface area contributed by atoms with E-state index in [1.807, 2.05) is 0 Å². The van der Waals surface area contributed by atoms with Gasteiger partial charge in [0.1, 0.15) is 5.84 Å². The molecule has 1 fully saturated rings. The summed E-state index contributed by atoms with van der Waals surface area (Å²) in [4.78, 5) is 4.78. The first-order chi connectivity index (χ1) is 8.72. The normalized spacial score (nSPS) is 30.6. The van der Waals surface area contributed by atoms with Crippen molar-refractivity contribution in [2.75, 3.05) is 0 Å². The molecule has 3 rings (SSSR count). The standard InChI is InChI=1S/C15H20N2O/c1-10-4-2-3-5-11(10)8-15-16-13-7-6-12(18)9-14(13)17-15/h2-5,12-14,18H,6-9H2,1H3,(H,16,17). The molecule has 1 aliphatic heterocycles. The summed E-state index contributed by atoms with van der Waals surface area (Å²) in [5.41, 5.74) is 2.65. The van der Waals surface area contributed by atoms with E-state index in [0.29, 0.717) is 12.1 Å². The third-order valence-corrected chi connectivity index (χ3v) is 4.08. The van der Waals surface area contributed by atoms with E-state index in [-0.39, 0.29) is 6.10 Å². The number of amidine groups is 1. The molecule has 0 spiro atoms. The van der Waals surface area contributed by atoms with Crippen molar-refractivity contribution in [2.24, 2.45) is 4.99 Å². The van der Waals surface area contributed by atoms with Gasteiger partial charge in [0, 0.05) is 6.42 Å². The number of benzene rings is 1. The van der Waals surface area contributed by atoms with Crippen molar-refractivity contribution in [3.63, 3.8) is 0 Å². The van der Waals surface area contributed by atoms with Crippen LogP contribution in [0.4, 0.5) is 0 Å². The van der Waals surface area contributed by atoms with Crippen LogP contribution >= 0.6 is 0 Å². The Morgan fingerprint density at radius 2 is 2.17 bits per heavy atom. The zero-order valence-electron chi connectivity index (χ0n) is 10.8. The molecule has 2 aliphatic rings. The minimum atomic E-state index is -0.147. The second-order valence-electron chi connectivity index (χ2n) is 5.46. The fraction of sp³-hybridized carbons (Fsp3) is 0.533. The van der Waals surface area contributed by atoms with Gasteiger partial charge in [0.25, 0.3) is 0 Å². The first-order valence-electron chi connectivity index (χ1n) is 6.78.